The number of ether oxygens (including phenoxy) is 2. The molecule has 0 amide bonds. The summed E-state index contributed by atoms with van der Waals surface area (Å²) in [6, 6.07) is 7.30. The van der Waals surface area contributed by atoms with E-state index in [2.05, 4.69) is 10.6 Å². The molecule has 0 spiro atoms. The maximum atomic E-state index is 11.7. The smallest absolute Gasteiger partial charge is 0.431 e. The van der Waals surface area contributed by atoms with Crippen molar-refractivity contribution in [2.75, 3.05) is 27.4 Å². The van der Waals surface area contributed by atoms with Gasteiger partial charge in [0.15, 0.2) is 0 Å². The van der Waals surface area contributed by atoms with E-state index >= 15 is 0 Å². The predicted octanol–water partition coefficient (Wildman–Crippen LogP) is -0.0108. The van der Waals surface area contributed by atoms with Gasteiger partial charge in [0, 0.05) is 25.8 Å². The Hall–Kier alpha value is -2.12. The highest BCUT2D eigenvalue weighted by molar-refractivity contribution is 5.31. The molecule has 1 heterocycles. The minimum Gasteiger partial charge on any atom is -0.497 e. The molecule has 0 fully saturated rings. The molecule has 0 bridgehead atoms. The van der Waals surface area contributed by atoms with Gasteiger partial charge in [0.2, 0.25) is 5.69 Å². The molecule has 0 aliphatic carbocycles. The molecule has 2 N–H and O–H groups in total. The fourth-order valence-electron chi connectivity index (χ4n) is 1.76. The molecule has 0 saturated heterocycles. The van der Waals surface area contributed by atoms with Gasteiger partial charge in [-0.1, -0.05) is 0 Å². The normalized spacial score (nSPS) is 10.7. The highest BCUT2D eigenvalue weighted by Crippen LogP contribution is 2.10. The molecule has 0 aliphatic rings. The minimum absolute atomic E-state index is 0.390. The van der Waals surface area contributed by atoms with Gasteiger partial charge in [-0.3, -0.25) is 4.52 Å². The summed E-state index contributed by atoms with van der Waals surface area (Å²) in [5.41, 5.74) is 0.886. The summed E-state index contributed by atoms with van der Waals surface area (Å²) in [5.74, 6) is 0.750. The van der Waals surface area contributed by atoms with Crippen molar-refractivity contribution >= 4 is 0 Å². The van der Waals surface area contributed by atoms with Crippen LogP contribution in [0.1, 0.15) is 5.69 Å². The first kappa shape index (κ1) is 14.3. The van der Waals surface area contributed by atoms with Gasteiger partial charge in [0.25, 0.3) is 0 Å². The zero-order chi connectivity index (χ0) is 14.4. The summed E-state index contributed by atoms with van der Waals surface area (Å²) in [7, 11) is 3.23. The van der Waals surface area contributed by atoms with E-state index in [-0.39, 0.29) is 0 Å². The van der Waals surface area contributed by atoms with E-state index in [1.165, 1.54) is 0 Å². The largest absolute Gasteiger partial charge is 0.497 e. The SMILES string of the molecule is COCCNCc1c(=O)o[nH][n+]1-c1ccc(OC)cc1. The number of hydrogen-bond acceptors (Lipinski definition) is 5. The van der Waals surface area contributed by atoms with Crippen molar-refractivity contribution in [3.63, 3.8) is 0 Å². The Morgan fingerprint density at radius 3 is 2.70 bits per heavy atom. The van der Waals surface area contributed by atoms with Crippen LogP contribution in [-0.4, -0.2) is 32.6 Å². The first-order valence-electron chi connectivity index (χ1n) is 6.22. The minimum atomic E-state index is -0.397. The van der Waals surface area contributed by atoms with Crippen LogP contribution in [0.25, 0.3) is 5.69 Å². The quantitative estimate of drug-likeness (QED) is 0.551. The van der Waals surface area contributed by atoms with Crippen LogP contribution in [0.15, 0.2) is 33.6 Å². The summed E-state index contributed by atoms with van der Waals surface area (Å²) >= 11 is 0. The molecule has 0 radical (unpaired) electrons. The van der Waals surface area contributed by atoms with Crippen LogP contribution in [-0.2, 0) is 11.3 Å². The highest BCUT2D eigenvalue weighted by Gasteiger charge is 2.22. The standard InChI is InChI=1S/C13H17N3O4/c1-18-8-7-14-9-12-13(17)20-15-16(12)10-3-5-11(19-2)6-4-10/h3-6,14H,7-9H2,1-2H3/p+1. The van der Waals surface area contributed by atoms with Gasteiger partial charge in [-0.25, -0.2) is 4.79 Å². The lowest BCUT2D eigenvalue weighted by Gasteiger charge is -2.00. The summed E-state index contributed by atoms with van der Waals surface area (Å²) in [6.07, 6.45) is 0. The third-order valence-electron chi connectivity index (χ3n) is 2.84. The second-order valence-electron chi connectivity index (χ2n) is 4.13. The van der Waals surface area contributed by atoms with Gasteiger partial charge >= 0.3 is 11.3 Å². The molecule has 1 aromatic heterocycles. The van der Waals surface area contributed by atoms with Crippen LogP contribution in [0.5, 0.6) is 5.75 Å². The van der Waals surface area contributed by atoms with Gasteiger partial charge in [-0.2, -0.15) is 0 Å². The summed E-state index contributed by atoms with van der Waals surface area (Å²) in [6.45, 7) is 1.63. The molecule has 108 valence electrons. The number of rotatable bonds is 7. The molecular weight excluding hydrogens is 262 g/mol. The predicted molar refractivity (Wildman–Crippen MR) is 71.0 cm³/mol. The van der Waals surface area contributed by atoms with Gasteiger partial charge in [0.05, 0.1) is 20.3 Å². The highest BCUT2D eigenvalue weighted by atomic mass is 16.5. The molecular formula is C13H18N3O4+. The Kier molecular flexibility index (Phi) is 4.91. The van der Waals surface area contributed by atoms with E-state index in [9.17, 15) is 4.79 Å². The van der Waals surface area contributed by atoms with Crippen molar-refractivity contribution in [3.05, 3.63) is 40.4 Å². The second-order valence-corrected chi connectivity index (χ2v) is 4.13. The third kappa shape index (κ3) is 3.25. The Bertz CT molecular complexity index is 588. The van der Waals surface area contributed by atoms with Crippen LogP contribution >= 0.6 is 0 Å². The number of benzene rings is 1. The summed E-state index contributed by atoms with van der Waals surface area (Å²) in [4.78, 5) is 11.7. The van der Waals surface area contributed by atoms with Crippen molar-refractivity contribution in [2.24, 2.45) is 0 Å². The maximum absolute atomic E-state index is 11.7. The number of nitrogens with one attached hydrogen (secondary N) is 2. The fourth-order valence-corrected chi connectivity index (χ4v) is 1.76. The van der Waals surface area contributed by atoms with Gasteiger partial charge in [0.1, 0.15) is 5.75 Å². The number of nitrogens with zero attached hydrogens (tertiary/aromatic N) is 1. The maximum Gasteiger partial charge on any atom is 0.431 e. The van der Waals surface area contributed by atoms with E-state index in [1.54, 1.807) is 18.9 Å². The third-order valence-corrected chi connectivity index (χ3v) is 2.84. The number of hydrogen-bond donors (Lipinski definition) is 2. The topological polar surface area (TPSA) is 80.4 Å². The second kappa shape index (κ2) is 6.88. The Morgan fingerprint density at radius 1 is 1.30 bits per heavy atom. The van der Waals surface area contributed by atoms with Crippen molar-refractivity contribution in [3.8, 4) is 11.4 Å². The molecule has 7 nitrogen and oxygen atoms in total. The number of H-pyrrole nitrogens is 1. The lowest BCUT2D eigenvalue weighted by atomic mass is 10.3. The van der Waals surface area contributed by atoms with Crippen LogP contribution in [0.3, 0.4) is 0 Å². The first-order valence-corrected chi connectivity index (χ1v) is 6.22. The van der Waals surface area contributed by atoms with Crippen molar-refractivity contribution in [1.82, 2.24) is 10.6 Å². The molecule has 2 rings (SSSR count). The Labute approximate surface area is 116 Å². The van der Waals surface area contributed by atoms with Gasteiger partial charge in [-0.05, 0) is 22.1 Å². The van der Waals surface area contributed by atoms with Gasteiger partial charge in [-0.15, -0.1) is 0 Å². The molecule has 20 heavy (non-hydrogen) atoms. The van der Waals surface area contributed by atoms with Crippen LogP contribution < -0.4 is 20.4 Å². The van der Waals surface area contributed by atoms with Crippen molar-refractivity contribution < 1.29 is 18.7 Å². The Morgan fingerprint density at radius 2 is 2.05 bits per heavy atom. The molecule has 7 heteroatoms. The molecule has 2 aromatic rings. The first-order chi connectivity index (χ1) is 9.76. The zero-order valence-electron chi connectivity index (χ0n) is 11.5. The monoisotopic (exact) mass is 280 g/mol. The van der Waals surface area contributed by atoms with E-state index < -0.39 is 5.63 Å². The van der Waals surface area contributed by atoms with Crippen LogP contribution in [0, 0.1) is 0 Å². The molecule has 0 aliphatic heterocycles. The van der Waals surface area contributed by atoms with E-state index in [0.717, 1.165) is 11.4 Å². The van der Waals surface area contributed by atoms with Crippen LogP contribution in [0.4, 0.5) is 0 Å². The summed E-state index contributed by atoms with van der Waals surface area (Å²) in [5, 5.41) is 5.70. The molecule has 1 aromatic carbocycles. The molecule has 0 unspecified atom stereocenters. The van der Waals surface area contributed by atoms with E-state index in [1.807, 2.05) is 24.3 Å². The van der Waals surface area contributed by atoms with Gasteiger partial charge < -0.3 is 14.8 Å². The summed E-state index contributed by atoms with van der Waals surface area (Å²) < 4.78 is 16.5. The lowest BCUT2D eigenvalue weighted by Crippen LogP contribution is -2.41. The number of aromatic nitrogens is 2. The van der Waals surface area contributed by atoms with Crippen molar-refractivity contribution in [2.45, 2.75) is 6.54 Å². The van der Waals surface area contributed by atoms with E-state index in [4.69, 9.17) is 14.0 Å². The lowest BCUT2D eigenvalue weighted by molar-refractivity contribution is -0.677. The van der Waals surface area contributed by atoms with Crippen molar-refractivity contribution in [1.29, 1.82) is 0 Å². The number of aromatic amines is 1. The van der Waals surface area contributed by atoms with E-state index in [0.29, 0.717) is 25.4 Å². The average Bonchev–Trinajstić information content (AvgIpc) is 2.85. The van der Waals surface area contributed by atoms with Crippen LogP contribution in [0.2, 0.25) is 0 Å². The molecule has 0 atom stereocenters. The Balaban J connectivity index is 2.16. The fraction of sp³-hybridized carbons (Fsp3) is 0.385. The molecule has 0 saturated carbocycles. The number of methoxy groups -OCH3 is 2. The zero-order valence-corrected chi connectivity index (χ0v) is 11.5. The average molecular weight is 280 g/mol.